The molecule has 132 valence electrons. The molecule has 0 heterocycles. The van der Waals surface area contributed by atoms with Crippen LogP contribution in [0.4, 0.5) is 0 Å². The van der Waals surface area contributed by atoms with Crippen LogP contribution < -0.4 is 4.74 Å². The van der Waals surface area contributed by atoms with Gasteiger partial charge in [-0.15, -0.1) is 0 Å². The van der Waals surface area contributed by atoms with Crippen LogP contribution in [-0.2, 0) is 11.2 Å². The normalized spacial score (nSPS) is 23.2. The molecule has 3 unspecified atom stereocenters. The van der Waals surface area contributed by atoms with E-state index in [1.54, 1.807) is 24.3 Å². The van der Waals surface area contributed by atoms with Crippen LogP contribution in [0.5, 0.6) is 5.75 Å². The van der Waals surface area contributed by atoms with E-state index in [-0.39, 0.29) is 11.8 Å². The minimum absolute atomic E-state index is 0.0196. The van der Waals surface area contributed by atoms with Crippen LogP contribution in [0.25, 0.3) is 0 Å². The highest BCUT2D eigenvalue weighted by molar-refractivity contribution is 6.09. The zero-order chi connectivity index (χ0) is 18.1. The highest BCUT2D eigenvalue weighted by Crippen LogP contribution is 2.44. The molecule has 1 saturated carbocycles. The Hall–Kier alpha value is -2.68. The van der Waals surface area contributed by atoms with Gasteiger partial charge in [-0.05, 0) is 66.8 Å². The van der Waals surface area contributed by atoms with Crippen LogP contribution in [0.1, 0.15) is 41.3 Å². The minimum atomic E-state index is -0.370. The van der Waals surface area contributed by atoms with E-state index in [0.29, 0.717) is 16.9 Å². The summed E-state index contributed by atoms with van der Waals surface area (Å²) in [5, 5.41) is 0. The maximum Gasteiger partial charge on any atom is 0.308 e. The Bertz CT molecular complexity index is 846. The van der Waals surface area contributed by atoms with Crippen LogP contribution in [-0.4, -0.2) is 11.8 Å². The number of allylic oxidation sites excluding steroid dienone is 2. The van der Waals surface area contributed by atoms with Crippen molar-refractivity contribution in [2.75, 3.05) is 0 Å². The predicted molar refractivity (Wildman–Crippen MR) is 100 cm³/mol. The number of benzene rings is 2. The Kier molecular flexibility index (Phi) is 4.46. The van der Waals surface area contributed by atoms with Crippen LogP contribution in [0.3, 0.4) is 0 Å². The summed E-state index contributed by atoms with van der Waals surface area (Å²) >= 11 is 0. The molecule has 0 aromatic heterocycles. The second-order valence-corrected chi connectivity index (χ2v) is 7.39. The lowest BCUT2D eigenvalue weighted by Gasteiger charge is -2.18. The summed E-state index contributed by atoms with van der Waals surface area (Å²) in [5.74, 6) is 2.35. The number of rotatable bonds is 5. The molecule has 0 N–H and O–H groups in total. The van der Waals surface area contributed by atoms with Gasteiger partial charge in [-0.2, -0.15) is 0 Å². The third-order valence-electron chi connectivity index (χ3n) is 5.51. The Morgan fingerprint density at radius 2 is 1.58 bits per heavy atom. The second-order valence-electron chi connectivity index (χ2n) is 7.39. The fraction of sp³-hybridized carbons (Fsp3) is 0.304. The number of hydrogen-bond acceptors (Lipinski definition) is 3. The first kappa shape index (κ1) is 16.8. The molecule has 2 aromatic rings. The van der Waals surface area contributed by atoms with Gasteiger partial charge in [0.1, 0.15) is 5.75 Å². The predicted octanol–water partition coefficient (Wildman–Crippen LogP) is 4.60. The number of carbonyl (C=O) groups excluding carboxylic acids is 2. The van der Waals surface area contributed by atoms with Gasteiger partial charge in [0.25, 0.3) is 0 Å². The molecule has 4 rings (SSSR count). The van der Waals surface area contributed by atoms with Gasteiger partial charge in [0, 0.05) is 18.1 Å². The zero-order valence-corrected chi connectivity index (χ0v) is 14.9. The van der Waals surface area contributed by atoms with E-state index in [1.807, 2.05) is 12.1 Å². The van der Waals surface area contributed by atoms with Gasteiger partial charge in [-0.3, -0.25) is 9.59 Å². The lowest BCUT2D eigenvalue weighted by molar-refractivity contribution is -0.131. The minimum Gasteiger partial charge on any atom is -0.427 e. The van der Waals surface area contributed by atoms with E-state index < -0.39 is 0 Å². The van der Waals surface area contributed by atoms with Crippen LogP contribution in [0.15, 0.2) is 60.7 Å². The fourth-order valence-electron chi connectivity index (χ4n) is 4.23. The molecule has 3 nitrogen and oxygen atoms in total. The van der Waals surface area contributed by atoms with Gasteiger partial charge in [-0.25, -0.2) is 0 Å². The summed E-state index contributed by atoms with van der Waals surface area (Å²) in [5.41, 5.74) is 2.58. The van der Waals surface area contributed by atoms with Gasteiger partial charge >= 0.3 is 5.97 Å². The van der Waals surface area contributed by atoms with Crippen LogP contribution in [0, 0.1) is 17.8 Å². The van der Waals surface area contributed by atoms with Gasteiger partial charge in [0.15, 0.2) is 5.78 Å². The summed E-state index contributed by atoms with van der Waals surface area (Å²) in [7, 11) is 0. The van der Waals surface area contributed by atoms with Gasteiger partial charge < -0.3 is 4.74 Å². The molecule has 2 aliphatic rings. The first-order chi connectivity index (χ1) is 12.6. The maximum atomic E-state index is 12.6. The van der Waals surface area contributed by atoms with Crippen molar-refractivity contribution in [2.24, 2.45) is 17.8 Å². The number of fused-ring (bicyclic) bond motifs is 2. The maximum absolute atomic E-state index is 12.6. The van der Waals surface area contributed by atoms with Crippen molar-refractivity contribution in [3.63, 3.8) is 0 Å². The van der Waals surface area contributed by atoms with Crippen molar-refractivity contribution >= 4 is 11.8 Å². The average molecular weight is 346 g/mol. The van der Waals surface area contributed by atoms with E-state index in [1.165, 1.54) is 25.3 Å². The first-order valence-corrected chi connectivity index (χ1v) is 9.19. The summed E-state index contributed by atoms with van der Waals surface area (Å²) in [4.78, 5) is 23.6. The molecular formula is C23H22O3. The highest BCUT2D eigenvalue weighted by Gasteiger charge is 2.35. The number of carbonyl (C=O) groups is 2. The third-order valence-corrected chi connectivity index (χ3v) is 5.51. The summed E-state index contributed by atoms with van der Waals surface area (Å²) in [6, 6.07) is 14.7. The number of hydrogen-bond donors (Lipinski definition) is 0. The summed E-state index contributed by atoms with van der Waals surface area (Å²) < 4.78 is 5.00. The molecule has 0 saturated heterocycles. The number of esters is 1. The molecule has 2 aromatic carbocycles. The Labute approximate surface area is 153 Å². The van der Waals surface area contributed by atoms with Crippen molar-refractivity contribution in [1.29, 1.82) is 0 Å². The third kappa shape index (κ3) is 3.48. The molecular weight excluding hydrogens is 324 g/mol. The van der Waals surface area contributed by atoms with Gasteiger partial charge in [0.2, 0.25) is 0 Å². The molecule has 3 atom stereocenters. The van der Waals surface area contributed by atoms with Crippen molar-refractivity contribution < 1.29 is 14.3 Å². The highest BCUT2D eigenvalue weighted by atomic mass is 16.5. The second kappa shape index (κ2) is 6.91. The monoisotopic (exact) mass is 346 g/mol. The molecule has 0 spiro atoms. The Morgan fingerprint density at radius 1 is 0.923 bits per heavy atom. The van der Waals surface area contributed by atoms with E-state index in [4.69, 9.17) is 4.74 Å². The van der Waals surface area contributed by atoms with E-state index in [0.717, 1.165) is 24.2 Å². The molecule has 26 heavy (non-hydrogen) atoms. The molecule has 0 amide bonds. The van der Waals surface area contributed by atoms with Crippen molar-refractivity contribution in [3.05, 3.63) is 77.4 Å². The SMILES string of the molecule is CC(=O)Oc1ccc(C(=O)c2ccc(CC3CC4C=CC3C4)cc2)cc1. The van der Waals surface area contributed by atoms with Crippen molar-refractivity contribution in [1.82, 2.24) is 0 Å². The first-order valence-electron chi connectivity index (χ1n) is 9.19. The number of ketones is 1. The van der Waals surface area contributed by atoms with E-state index in [2.05, 4.69) is 24.3 Å². The Morgan fingerprint density at radius 3 is 2.12 bits per heavy atom. The summed E-state index contributed by atoms with van der Waals surface area (Å²) in [6.45, 7) is 1.35. The van der Waals surface area contributed by atoms with E-state index >= 15 is 0 Å². The van der Waals surface area contributed by atoms with E-state index in [9.17, 15) is 9.59 Å². The average Bonchev–Trinajstić information content (AvgIpc) is 3.25. The fourth-order valence-corrected chi connectivity index (χ4v) is 4.23. The van der Waals surface area contributed by atoms with Crippen LogP contribution >= 0.6 is 0 Å². The zero-order valence-electron chi connectivity index (χ0n) is 14.9. The molecule has 2 aliphatic carbocycles. The molecule has 0 aliphatic heterocycles. The standard InChI is InChI=1S/C23H22O3/c1-15(24)26-22-10-8-19(9-11-22)23(25)18-5-2-16(3-6-18)12-21-14-17-4-7-20(21)13-17/h2-11,17,20-21H,12-14H2,1H3. The molecule has 0 radical (unpaired) electrons. The lowest BCUT2D eigenvalue weighted by Crippen LogP contribution is -2.10. The summed E-state index contributed by atoms with van der Waals surface area (Å²) in [6.07, 6.45) is 8.48. The topological polar surface area (TPSA) is 43.4 Å². The van der Waals surface area contributed by atoms with Crippen LogP contribution in [0.2, 0.25) is 0 Å². The van der Waals surface area contributed by atoms with Gasteiger partial charge in [0.05, 0.1) is 0 Å². The molecule has 2 bridgehead atoms. The van der Waals surface area contributed by atoms with Gasteiger partial charge in [-0.1, -0.05) is 36.4 Å². The van der Waals surface area contributed by atoms with Crippen molar-refractivity contribution in [3.8, 4) is 5.75 Å². The lowest BCUT2D eigenvalue weighted by atomic mass is 9.87. The molecule has 1 fully saturated rings. The van der Waals surface area contributed by atoms with Crippen molar-refractivity contribution in [2.45, 2.75) is 26.2 Å². The number of ether oxygens (including phenoxy) is 1. The molecule has 3 heteroatoms. The largest absolute Gasteiger partial charge is 0.427 e. The smallest absolute Gasteiger partial charge is 0.308 e. The quantitative estimate of drug-likeness (QED) is 0.344. The Balaban J connectivity index is 1.42.